The minimum Gasteiger partial charge on any atom is -0.351 e. The molecule has 94 valence electrons. The van der Waals surface area contributed by atoms with E-state index in [0.717, 1.165) is 0 Å². The number of rotatable bonds is 4. The molecule has 0 radical (unpaired) electrons. The number of hydrogen-bond acceptors (Lipinski definition) is 4. The van der Waals surface area contributed by atoms with Crippen molar-refractivity contribution in [1.29, 1.82) is 5.26 Å². The first-order valence-corrected chi connectivity index (χ1v) is 5.29. The van der Waals surface area contributed by atoms with E-state index in [2.05, 4.69) is 5.32 Å². The Hall–Kier alpha value is -2.42. The van der Waals surface area contributed by atoms with Crippen LogP contribution in [0.25, 0.3) is 0 Å². The number of carbonyl (C=O) groups excluding carboxylic acids is 1. The predicted molar refractivity (Wildman–Crippen MR) is 64.3 cm³/mol. The summed E-state index contributed by atoms with van der Waals surface area (Å²) in [6, 6.07) is 7.88. The van der Waals surface area contributed by atoms with Gasteiger partial charge in [0, 0.05) is 18.7 Å². The highest BCUT2D eigenvalue weighted by Gasteiger charge is 2.26. The lowest BCUT2D eigenvalue weighted by molar-refractivity contribution is -0.384. The van der Waals surface area contributed by atoms with E-state index in [0.29, 0.717) is 5.56 Å². The Balaban J connectivity index is 2.71. The van der Waals surface area contributed by atoms with E-state index >= 15 is 0 Å². The van der Waals surface area contributed by atoms with Gasteiger partial charge < -0.3 is 5.32 Å². The van der Waals surface area contributed by atoms with Gasteiger partial charge in [-0.25, -0.2) is 0 Å². The lowest BCUT2D eigenvalue weighted by atomic mass is 9.95. The molecule has 0 atom stereocenters. The zero-order valence-corrected chi connectivity index (χ0v) is 10.1. The van der Waals surface area contributed by atoms with Gasteiger partial charge in [0.05, 0.1) is 11.0 Å². The van der Waals surface area contributed by atoms with Crippen molar-refractivity contribution in [2.24, 2.45) is 5.41 Å². The van der Waals surface area contributed by atoms with E-state index in [4.69, 9.17) is 5.26 Å². The van der Waals surface area contributed by atoms with Gasteiger partial charge >= 0.3 is 0 Å². The smallest absolute Gasteiger partial charge is 0.269 e. The molecule has 1 rings (SSSR count). The molecule has 0 aliphatic heterocycles. The second-order valence-electron chi connectivity index (χ2n) is 4.35. The lowest BCUT2D eigenvalue weighted by Gasteiger charge is -2.14. The van der Waals surface area contributed by atoms with Crippen molar-refractivity contribution in [3.63, 3.8) is 0 Å². The number of nitrogens with zero attached hydrogens (tertiary/aromatic N) is 2. The van der Waals surface area contributed by atoms with Crippen molar-refractivity contribution in [2.45, 2.75) is 20.4 Å². The third-order valence-electron chi connectivity index (χ3n) is 2.42. The third-order valence-corrected chi connectivity index (χ3v) is 2.42. The van der Waals surface area contributed by atoms with Crippen LogP contribution in [0.15, 0.2) is 24.3 Å². The molecular weight excluding hydrogens is 234 g/mol. The van der Waals surface area contributed by atoms with Crippen LogP contribution >= 0.6 is 0 Å². The van der Waals surface area contributed by atoms with Crippen molar-refractivity contribution >= 4 is 11.6 Å². The molecule has 0 aliphatic rings. The van der Waals surface area contributed by atoms with Gasteiger partial charge in [-0.05, 0) is 19.4 Å². The van der Waals surface area contributed by atoms with Crippen molar-refractivity contribution in [3.8, 4) is 6.07 Å². The Labute approximate surface area is 104 Å². The summed E-state index contributed by atoms with van der Waals surface area (Å²) in [5.41, 5.74) is -0.520. The van der Waals surface area contributed by atoms with Gasteiger partial charge in [0.1, 0.15) is 5.41 Å². The molecule has 6 heteroatoms. The first kappa shape index (κ1) is 13.6. The molecule has 0 saturated carbocycles. The average molecular weight is 247 g/mol. The van der Waals surface area contributed by atoms with E-state index in [1.807, 2.05) is 6.07 Å². The minimum atomic E-state index is -1.11. The summed E-state index contributed by atoms with van der Waals surface area (Å²) in [5, 5.41) is 21.9. The van der Waals surface area contributed by atoms with Crippen molar-refractivity contribution in [3.05, 3.63) is 39.9 Å². The maximum absolute atomic E-state index is 11.6. The van der Waals surface area contributed by atoms with Crippen molar-refractivity contribution < 1.29 is 9.72 Å². The number of nitriles is 1. The number of carbonyl (C=O) groups is 1. The number of nitro groups is 1. The van der Waals surface area contributed by atoms with Gasteiger partial charge in [0.2, 0.25) is 5.91 Å². The van der Waals surface area contributed by atoms with Crippen LogP contribution in [-0.4, -0.2) is 10.8 Å². The van der Waals surface area contributed by atoms with Gasteiger partial charge in [0.25, 0.3) is 5.69 Å². The molecule has 6 nitrogen and oxygen atoms in total. The third kappa shape index (κ3) is 3.28. The quantitative estimate of drug-likeness (QED) is 0.647. The fourth-order valence-corrected chi connectivity index (χ4v) is 1.23. The van der Waals surface area contributed by atoms with Crippen LogP contribution in [0, 0.1) is 26.9 Å². The van der Waals surface area contributed by atoms with Gasteiger partial charge in [-0.2, -0.15) is 5.26 Å². The molecule has 0 fully saturated rings. The average Bonchev–Trinajstić information content (AvgIpc) is 2.36. The highest BCUT2D eigenvalue weighted by atomic mass is 16.6. The fraction of sp³-hybridized carbons (Fsp3) is 0.333. The summed E-state index contributed by atoms with van der Waals surface area (Å²) in [6.45, 7) is 3.18. The Morgan fingerprint density at radius 3 is 2.78 bits per heavy atom. The van der Waals surface area contributed by atoms with E-state index in [-0.39, 0.29) is 12.2 Å². The van der Waals surface area contributed by atoms with Gasteiger partial charge in [-0.15, -0.1) is 0 Å². The number of hydrogen-bond donors (Lipinski definition) is 1. The highest BCUT2D eigenvalue weighted by Crippen LogP contribution is 2.15. The van der Waals surface area contributed by atoms with Crippen LogP contribution < -0.4 is 5.32 Å². The first-order chi connectivity index (χ1) is 8.36. The first-order valence-electron chi connectivity index (χ1n) is 5.29. The van der Waals surface area contributed by atoms with Crippen LogP contribution in [0.4, 0.5) is 5.69 Å². The van der Waals surface area contributed by atoms with Gasteiger partial charge in [-0.1, -0.05) is 12.1 Å². The monoisotopic (exact) mass is 247 g/mol. The largest absolute Gasteiger partial charge is 0.351 e. The van der Waals surface area contributed by atoms with Gasteiger partial charge in [0.15, 0.2) is 0 Å². The summed E-state index contributed by atoms with van der Waals surface area (Å²) in [4.78, 5) is 21.7. The van der Waals surface area contributed by atoms with E-state index in [9.17, 15) is 14.9 Å². The molecule has 0 spiro atoms. The Morgan fingerprint density at radius 1 is 1.56 bits per heavy atom. The second-order valence-corrected chi connectivity index (χ2v) is 4.35. The van der Waals surface area contributed by atoms with Gasteiger partial charge in [-0.3, -0.25) is 14.9 Å². The maximum Gasteiger partial charge on any atom is 0.269 e. The zero-order chi connectivity index (χ0) is 13.8. The SMILES string of the molecule is CC(C)(C#N)C(=O)NCc1cccc([N+](=O)[O-])c1. The number of non-ortho nitro benzene ring substituents is 1. The molecule has 0 bridgehead atoms. The Bertz CT molecular complexity index is 518. The summed E-state index contributed by atoms with van der Waals surface area (Å²) in [5.74, 6) is -0.406. The number of nitrogens with one attached hydrogen (secondary N) is 1. The number of nitro benzene ring substituents is 1. The van der Waals surface area contributed by atoms with Crippen molar-refractivity contribution in [2.75, 3.05) is 0 Å². The Morgan fingerprint density at radius 2 is 2.22 bits per heavy atom. The summed E-state index contributed by atoms with van der Waals surface area (Å²) in [6.07, 6.45) is 0. The highest BCUT2D eigenvalue weighted by molar-refractivity contribution is 5.84. The number of benzene rings is 1. The zero-order valence-electron chi connectivity index (χ0n) is 10.1. The molecule has 0 aliphatic carbocycles. The summed E-state index contributed by atoms with van der Waals surface area (Å²) >= 11 is 0. The molecule has 18 heavy (non-hydrogen) atoms. The molecule has 0 aromatic heterocycles. The topological polar surface area (TPSA) is 96.0 Å². The maximum atomic E-state index is 11.6. The lowest BCUT2D eigenvalue weighted by Crippen LogP contribution is -2.35. The Kier molecular flexibility index (Phi) is 4.00. The fourth-order valence-electron chi connectivity index (χ4n) is 1.23. The standard InChI is InChI=1S/C12H13N3O3/c1-12(2,8-13)11(16)14-7-9-4-3-5-10(6-9)15(17)18/h3-6H,7H2,1-2H3,(H,14,16). The second kappa shape index (κ2) is 5.27. The van der Waals surface area contributed by atoms with E-state index in [1.54, 1.807) is 12.1 Å². The van der Waals surface area contributed by atoms with Crippen LogP contribution in [0.5, 0.6) is 0 Å². The van der Waals surface area contributed by atoms with Crippen LogP contribution in [0.2, 0.25) is 0 Å². The van der Waals surface area contributed by atoms with E-state index < -0.39 is 16.2 Å². The molecule has 1 amide bonds. The van der Waals surface area contributed by atoms with E-state index in [1.165, 1.54) is 26.0 Å². The van der Waals surface area contributed by atoms with Crippen molar-refractivity contribution in [1.82, 2.24) is 5.32 Å². The molecule has 0 unspecified atom stereocenters. The molecule has 1 N–H and O–H groups in total. The van der Waals surface area contributed by atoms with Crippen LogP contribution in [0.1, 0.15) is 19.4 Å². The summed E-state index contributed by atoms with van der Waals surface area (Å²) < 4.78 is 0. The summed E-state index contributed by atoms with van der Waals surface area (Å²) in [7, 11) is 0. The predicted octanol–water partition coefficient (Wildman–Crippen LogP) is 1.76. The molecule has 0 heterocycles. The normalized spacial score (nSPS) is 10.5. The van der Waals surface area contributed by atoms with Crippen LogP contribution in [-0.2, 0) is 11.3 Å². The molecule has 0 saturated heterocycles. The van der Waals surface area contributed by atoms with Crippen LogP contribution in [0.3, 0.4) is 0 Å². The number of amides is 1. The minimum absolute atomic E-state index is 0.0266. The molecular formula is C12H13N3O3. The molecule has 1 aromatic carbocycles. The molecule has 1 aromatic rings.